The van der Waals surface area contributed by atoms with Crippen LogP contribution in [-0.2, 0) is 0 Å². The van der Waals surface area contributed by atoms with Crippen molar-refractivity contribution in [3.8, 4) is 39.1 Å². The maximum Gasteiger partial charge on any atom is 0.0626 e. The molecule has 0 aliphatic heterocycles. The lowest BCUT2D eigenvalue weighted by Crippen LogP contribution is -1.95. The highest BCUT2D eigenvalue weighted by molar-refractivity contribution is 6.38. The van der Waals surface area contributed by atoms with Crippen LogP contribution >= 0.6 is 0 Å². The van der Waals surface area contributed by atoms with Crippen LogP contribution in [0.1, 0.15) is 0 Å². The molecule has 1 nitrogen and oxygen atoms in total. The van der Waals surface area contributed by atoms with Gasteiger partial charge in [0.25, 0.3) is 0 Å². The zero-order valence-corrected chi connectivity index (χ0v) is 26.8. The van der Waals surface area contributed by atoms with Gasteiger partial charge in [0, 0.05) is 27.2 Å². The minimum absolute atomic E-state index is 1.16. The molecule has 0 radical (unpaired) electrons. The summed E-state index contributed by atoms with van der Waals surface area (Å²) in [6.07, 6.45) is 0. The Morgan fingerprint density at radius 1 is 0.286 bits per heavy atom. The summed E-state index contributed by atoms with van der Waals surface area (Å²) in [6.45, 7) is 0. The molecule has 1 heteroatoms. The van der Waals surface area contributed by atoms with Crippen LogP contribution in [0.5, 0.6) is 0 Å². The summed E-state index contributed by atoms with van der Waals surface area (Å²) in [4.78, 5) is 0. The van der Waals surface area contributed by atoms with Gasteiger partial charge in [-0.3, -0.25) is 0 Å². The molecular formula is C48H31N. The molecule has 0 saturated heterocycles. The van der Waals surface area contributed by atoms with E-state index < -0.39 is 0 Å². The Hall–Kier alpha value is -6.44. The number of rotatable bonds is 4. The number of hydrogen-bond donors (Lipinski definition) is 0. The van der Waals surface area contributed by atoms with Crippen molar-refractivity contribution in [2.24, 2.45) is 0 Å². The molecule has 228 valence electrons. The molecule has 1 heterocycles. The topological polar surface area (TPSA) is 4.93 Å². The van der Waals surface area contributed by atoms with E-state index in [0.29, 0.717) is 0 Å². The number of para-hydroxylation sites is 1. The molecule has 1 aromatic heterocycles. The number of hydrogen-bond acceptors (Lipinski definition) is 0. The Labute approximate surface area is 284 Å². The van der Waals surface area contributed by atoms with E-state index in [1.165, 1.54) is 87.5 Å². The van der Waals surface area contributed by atoms with Crippen LogP contribution in [0.15, 0.2) is 188 Å². The number of nitrogens with zero attached hydrogens (tertiary/aromatic N) is 1. The number of benzene rings is 9. The molecule has 0 amide bonds. The lowest BCUT2D eigenvalue weighted by Gasteiger charge is -2.16. The summed E-state index contributed by atoms with van der Waals surface area (Å²) >= 11 is 0. The molecule has 0 aliphatic rings. The highest BCUT2D eigenvalue weighted by Gasteiger charge is 2.21. The zero-order valence-electron chi connectivity index (χ0n) is 26.8. The van der Waals surface area contributed by atoms with Crippen molar-refractivity contribution < 1.29 is 0 Å². The highest BCUT2D eigenvalue weighted by Crippen LogP contribution is 2.46. The second-order valence-electron chi connectivity index (χ2n) is 12.9. The lowest BCUT2D eigenvalue weighted by molar-refractivity contribution is 1.19. The van der Waals surface area contributed by atoms with Crippen molar-refractivity contribution in [3.63, 3.8) is 0 Å². The summed E-state index contributed by atoms with van der Waals surface area (Å²) in [5.74, 6) is 0. The second-order valence-corrected chi connectivity index (χ2v) is 12.9. The third kappa shape index (κ3) is 4.33. The SMILES string of the molecule is c1ccc(-c2ccc(-c3ccc(-n4c5ccccc5c5c6c7ccccc7c(-c7ccccc7)cc6c6ccccc6c54)cc3)cc2)cc1. The van der Waals surface area contributed by atoms with E-state index in [0.717, 1.165) is 5.69 Å². The molecule has 0 aliphatic carbocycles. The van der Waals surface area contributed by atoms with Crippen molar-refractivity contribution in [2.75, 3.05) is 0 Å². The monoisotopic (exact) mass is 621 g/mol. The average molecular weight is 622 g/mol. The summed E-state index contributed by atoms with van der Waals surface area (Å²) < 4.78 is 2.48. The molecule has 0 N–H and O–H groups in total. The van der Waals surface area contributed by atoms with Crippen LogP contribution in [0, 0.1) is 0 Å². The Morgan fingerprint density at radius 3 is 1.41 bits per heavy atom. The molecule has 0 atom stereocenters. The number of fused-ring (bicyclic) bond motifs is 10. The third-order valence-electron chi connectivity index (χ3n) is 10.2. The van der Waals surface area contributed by atoms with Crippen LogP contribution in [0.2, 0.25) is 0 Å². The van der Waals surface area contributed by atoms with Gasteiger partial charge in [0.15, 0.2) is 0 Å². The molecule has 0 bridgehead atoms. The fourth-order valence-corrected chi connectivity index (χ4v) is 7.94. The minimum atomic E-state index is 1.16. The van der Waals surface area contributed by atoms with E-state index in [2.05, 4.69) is 193 Å². The van der Waals surface area contributed by atoms with Crippen molar-refractivity contribution in [1.82, 2.24) is 4.57 Å². The molecule has 10 rings (SSSR count). The van der Waals surface area contributed by atoms with E-state index in [1.54, 1.807) is 0 Å². The Morgan fingerprint density at radius 2 is 0.755 bits per heavy atom. The van der Waals surface area contributed by atoms with E-state index in [-0.39, 0.29) is 0 Å². The smallest absolute Gasteiger partial charge is 0.0626 e. The first-order valence-electron chi connectivity index (χ1n) is 16.9. The summed E-state index contributed by atoms with van der Waals surface area (Å²) in [6, 6.07) is 68.6. The second kappa shape index (κ2) is 11.1. The Bertz CT molecular complexity index is 2830. The molecule has 0 saturated carbocycles. The van der Waals surface area contributed by atoms with Crippen LogP contribution in [0.4, 0.5) is 0 Å². The first-order chi connectivity index (χ1) is 24.3. The van der Waals surface area contributed by atoms with E-state index >= 15 is 0 Å². The van der Waals surface area contributed by atoms with Gasteiger partial charge in [0.2, 0.25) is 0 Å². The maximum atomic E-state index is 2.48. The third-order valence-corrected chi connectivity index (χ3v) is 10.2. The summed E-state index contributed by atoms with van der Waals surface area (Å²) in [7, 11) is 0. The standard InChI is InChI=1S/C48H31N/c1-3-13-32(14-4-1)33-23-25-34(26-24-33)35-27-29-37(30-28-35)49-45-22-12-11-21-42(45)47-46-40-19-9-7-17-38(40)43(36-15-5-2-6-16-36)31-44(46)39-18-8-10-20-41(39)48(47)49/h1-31H. The van der Waals surface area contributed by atoms with Gasteiger partial charge in [0.1, 0.15) is 0 Å². The highest BCUT2D eigenvalue weighted by atomic mass is 15.0. The molecule has 9 aromatic carbocycles. The van der Waals surface area contributed by atoms with Gasteiger partial charge in [-0.15, -0.1) is 0 Å². The van der Waals surface area contributed by atoms with Gasteiger partial charge < -0.3 is 4.57 Å². The molecule has 0 fully saturated rings. The summed E-state index contributed by atoms with van der Waals surface area (Å²) in [5.41, 5.74) is 11.0. The molecule has 49 heavy (non-hydrogen) atoms. The lowest BCUT2D eigenvalue weighted by atomic mass is 9.88. The van der Waals surface area contributed by atoms with Crippen molar-refractivity contribution >= 4 is 54.1 Å². The average Bonchev–Trinajstić information content (AvgIpc) is 3.54. The normalized spacial score (nSPS) is 11.7. The van der Waals surface area contributed by atoms with Crippen LogP contribution in [-0.4, -0.2) is 4.57 Å². The fourth-order valence-electron chi connectivity index (χ4n) is 7.94. The Kier molecular flexibility index (Phi) is 6.25. The van der Waals surface area contributed by atoms with E-state index in [1.807, 2.05) is 0 Å². The van der Waals surface area contributed by atoms with Gasteiger partial charge in [-0.25, -0.2) is 0 Å². The quantitative estimate of drug-likeness (QED) is 0.172. The van der Waals surface area contributed by atoms with Gasteiger partial charge in [-0.05, 0) is 79.2 Å². The van der Waals surface area contributed by atoms with Gasteiger partial charge >= 0.3 is 0 Å². The first-order valence-corrected chi connectivity index (χ1v) is 16.9. The summed E-state index contributed by atoms with van der Waals surface area (Å²) in [5, 5.41) is 10.3. The van der Waals surface area contributed by atoms with Crippen molar-refractivity contribution in [1.29, 1.82) is 0 Å². The van der Waals surface area contributed by atoms with Crippen molar-refractivity contribution in [2.45, 2.75) is 0 Å². The van der Waals surface area contributed by atoms with E-state index in [9.17, 15) is 0 Å². The predicted molar refractivity (Wildman–Crippen MR) is 210 cm³/mol. The molecule has 0 unspecified atom stereocenters. The van der Waals surface area contributed by atoms with Crippen LogP contribution < -0.4 is 0 Å². The van der Waals surface area contributed by atoms with Crippen molar-refractivity contribution in [3.05, 3.63) is 188 Å². The Balaban J connectivity index is 1.24. The minimum Gasteiger partial charge on any atom is -0.309 e. The van der Waals surface area contributed by atoms with Crippen LogP contribution in [0.25, 0.3) is 93.2 Å². The first kappa shape index (κ1) is 27.7. The molecule has 0 spiro atoms. The predicted octanol–water partition coefficient (Wildman–Crippen LogP) is 13.2. The molecule has 10 aromatic rings. The maximum absolute atomic E-state index is 2.48. The molecular weight excluding hydrogens is 591 g/mol. The number of aromatic nitrogens is 1. The van der Waals surface area contributed by atoms with Gasteiger partial charge in [-0.2, -0.15) is 0 Å². The van der Waals surface area contributed by atoms with E-state index in [4.69, 9.17) is 0 Å². The fraction of sp³-hybridized carbons (Fsp3) is 0. The zero-order chi connectivity index (χ0) is 32.3. The van der Waals surface area contributed by atoms with Crippen LogP contribution in [0.3, 0.4) is 0 Å². The van der Waals surface area contributed by atoms with Gasteiger partial charge in [0.05, 0.1) is 11.0 Å². The largest absolute Gasteiger partial charge is 0.309 e. The van der Waals surface area contributed by atoms with Gasteiger partial charge in [-0.1, -0.05) is 164 Å².